The number of hydrogen-bond acceptors (Lipinski definition) is 4. The minimum Gasteiger partial charge on any atom is -0.283 e. The maximum atomic E-state index is 14.2. The molecule has 0 radical (unpaired) electrons. The Bertz CT molecular complexity index is 3220. The molecule has 0 amide bonds. The van der Waals surface area contributed by atoms with Gasteiger partial charge in [-0.2, -0.15) is 52.7 Å². The zero-order valence-electron chi connectivity index (χ0n) is 28.4. The van der Waals surface area contributed by atoms with Crippen molar-refractivity contribution < 1.29 is 52.7 Å². The Morgan fingerprint density at radius 1 is 0.414 bits per heavy atom. The molecule has 0 saturated carbocycles. The molecule has 0 saturated heterocycles. The van der Waals surface area contributed by atoms with Gasteiger partial charge in [0.05, 0.1) is 34.4 Å². The maximum Gasteiger partial charge on any atom is 0.416 e. The number of fused-ring (bicyclic) bond motifs is 10. The van der Waals surface area contributed by atoms with E-state index in [0.717, 1.165) is 9.13 Å². The monoisotopic (exact) mass is 812 g/mol. The lowest BCUT2D eigenvalue weighted by atomic mass is 9.86. The van der Waals surface area contributed by atoms with Crippen LogP contribution in [0.15, 0.2) is 115 Å². The zero-order valence-corrected chi connectivity index (χ0v) is 28.4. The van der Waals surface area contributed by atoms with E-state index in [1.165, 1.54) is 24.3 Å². The fraction of sp³-hybridized carbons (Fsp3) is 0.200. The van der Waals surface area contributed by atoms with Gasteiger partial charge in [0, 0.05) is 32.3 Å². The van der Waals surface area contributed by atoms with E-state index in [-0.39, 0.29) is 55.4 Å². The van der Waals surface area contributed by atoms with E-state index in [1.807, 2.05) is 0 Å². The molecule has 18 heteroatoms. The lowest BCUT2D eigenvalue weighted by Gasteiger charge is -2.27. The van der Waals surface area contributed by atoms with Crippen molar-refractivity contribution in [3.63, 3.8) is 0 Å². The molecular weight excluding hydrogens is 796 g/mol. The van der Waals surface area contributed by atoms with Gasteiger partial charge in [-0.3, -0.25) is 28.7 Å². The first-order valence-corrected chi connectivity index (χ1v) is 17.3. The van der Waals surface area contributed by atoms with Gasteiger partial charge in [-0.25, -0.2) is 0 Å². The number of nitrogens with zero attached hydrogens (tertiary/aromatic N) is 4. The number of alkyl halides is 12. The van der Waals surface area contributed by atoms with E-state index in [0.29, 0.717) is 44.5 Å². The predicted molar refractivity (Wildman–Crippen MR) is 187 cm³/mol. The summed E-state index contributed by atoms with van der Waals surface area (Å²) >= 11 is 0. The quantitative estimate of drug-likeness (QED) is 0.0873. The summed E-state index contributed by atoms with van der Waals surface area (Å²) in [5.41, 5.74) is -8.50. The van der Waals surface area contributed by atoms with Gasteiger partial charge in [0.2, 0.25) is 0 Å². The van der Waals surface area contributed by atoms with Crippen molar-refractivity contribution in [2.75, 3.05) is 0 Å². The first kappa shape index (κ1) is 35.0. The number of hydrogen-bond donors (Lipinski definition) is 0. The lowest BCUT2D eigenvalue weighted by Crippen LogP contribution is -2.38. The third-order valence-corrected chi connectivity index (χ3v) is 11.8. The van der Waals surface area contributed by atoms with Crippen LogP contribution in [0.2, 0.25) is 0 Å². The number of rotatable bonds is 0. The van der Waals surface area contributed by atoms with Crippen LogP contribution in [-0.2, 0) is 0 Å². The minimum absolute atomic E-state index is 0.00277. The van der Waals surface area contributed by atoms with Gasteiger partial charge >= 0.3 is 24.7 Å². The fourth-order valence-corrected chi connectivity index (χ4v) is 9.50. The molecule has 2 aromatic heterocycles. The molecule has 4 atom stereocenters. The van der Waals surface area contributed by atoms with Crippen LogP contribution >= 0.6 is 0 Å². The van der Waals surface area contributed by atoms with Crippen LogP contribution in [-0.4, -0.2) is 45.9 Å². The normalized spacial score (nSPS) is 22.3. The highest BCUT2D eigenvalue weighted by molar-refractivity contribution is 6.39. The van der Waals surface area contributed by atoms with Crippen LogP contribution in [0.1, 0.15) is 12.1 Å². The highest BCUT2D eigenvalue weighted by Gasteiger charge is 2.51. The zero-order chi connectivity index (χ0) is 40.9. The summed E-state index contributed by atoms with van der Waals surface area (Å²) in [5, 5.41) is 3.74. The van der Waals surface area contributed by atoms with Crippen LogP contribution in [0.5, 0.6) is 0 Å². The third kappa shape index (κ3) is 4.31. The predicted octanol–water partition coefficient (Wildman–Crippen LogP) is 8.87. The van der Waals surface area contributed by atoms with Crippen LogP contribution < -0.4 is 22.1 Å². The van der Waals surface area contributed by atoms with Crippen LogP contribution in [0.3, 0.4) is 0 Å². The van der Waals surface area contributed by atoms with Crippen molar-refractivity contribution in [2.24, 2.45) is 9.98 Å². The Morgan fingerprint density at radius 2 is 0.707 bits per heavy atom. The van der Waals surface area contributed by atoms with Gasteiger partial charge in [0.25, 0.3) is 11.1 Å². The van der Waals surface area contributed by atoms with E-state index >= 15 is 0 Å². The molecule has 58 heavy (non-hydrogen) atoms. The van der Waals surface area contributed by atoms with E-state index in [2.05, 4.69) is 9.98 Å². The van der Waals surface area contributed by atoms with E-state index in [4.69, 9.17) is 0 Å². The maximum absolute atomic E-state index is 14.2. The largest absolute Gasteiger partial charge is 0.416 e. The Kier molecular flexibility index (Phi) is 6.31. The van der Waals surface area contributed by atoms with Gasteiger partial charge in [-0.15, -0.1) is 0 Å². The van der Waals surface area contributed by atoms with Crippen molar-refractivity contribution >= 4 is 64.6 Å². The second-order valence-electron chi connectivity index (χ2n) is 14.7. The summed E-state index contributed by atoms with van der Waals surface area (Å²) in [5.74, 6) is 0. The second-order valence-corrected chi connectivity index (χ2v) is 14.7. The topological polar surface area (TPSA) is 68.7 Å². The Morgan fingerprint density at radius 3 is 1.02 bits per heavy atom. The summed E-state index contributed by atoms with van der Waals surface area (Å²) in [6, 6.07) is 4.82. The highest BCUT2D eigenvalue weighted by Crippen LogP contribution is 2.48. The Balaban J connectivity index is 1.20. The van der Waals surface area contributed by atoms with Crippen LogP contribution in [0.25, 0.3) is 64.6 Å². The fourth-order valence-electron chi connectivity index (χ4n) is 9.50. The standard InChI is InChI=1S/C40H16F12N4O2/c41-37(42,43)13-9-23(39(47,48)49)31-25(11-13)55-33(53-31)19-5-1-15-17-3-7-22-30-20(6-2-16(28(17)30)18-4-8-21(35(55)57)29(19)27(15)18)34-54-32-24(40(50,51)52)10-14(38(44,45)46)12-26(32)56(34)36(22)58/h1-12,25-26,31-32H. The number of pyridine rings is 2. The second kappa shape index (κ2) is 10.5. The Hall–Kier alpha value is -6.20. The molecule has 0 spiro atoms. The number of benzene rings is 5. The first-order valence-electron chi connectivity index (χ1n) is 17.3. The van der Waals surface area contributed by atoms with Crippen molar-refractivity contribution in [1.29, 1.82) is 0 Å². The van der Waals surface area contributed by atoms with Gasteiger partial charge < -0.3 is 0 Å². The summed E-state index contributed by atoms with van der Waals surface area (Å²) < 4.78 is 170. The molecule has 0 fully saturated rings. The number of halogens is 12. The third-order valence-electron chi connectivity index (χ3n) is 11.8. The Labute approximate surface area is 311 Å². The lowest BCUT2D eigenvalue weighted by molar-refractivity contribution is -0.102. The smallest absolute Gasteiger partial charge is 0.283 e. The molecule has 6 nitrogen and oxygen atoms in total. The van der Waals surface area contributed by atoms with Crippen LogP contribution in [0, 0.1) is 0 Å². The molecular formula is C40H16F12N4O2. The molecule has 4 heterocycles. The van der Waals surface area contributed by atoms with E-state index < -0.39 is 82.3 Å². The highest BCUT2D eigenvalue weighted by atomic mass is 19.4. The molecule has 11 rings (SSSR count). The number of aromatic nitrogens is 2. The summed E-state index contributed by atoms with van der Waals surface area (Å²) in [7, 11) is 0. The van der Waals surface area contributed by atoms with Crippen molar-refractivity contribution in [2.45, 2.75) is 48.9 Å². The average Bonchev–Trinajstić information content (AvgIpc) is 3.73. The molecule has 4 unspecified atom stereocenters. The summed E-state index contributed by atoms with van der Waals surface area (Å²) in [4.78, 5) is 36.9. The van der Waals surface area contributed by atoms with E-state index in [1.54, 1.807) is 24.3 Å². The van der Waals surface area contributed by atoms with Gasteiger partial charge in [-0.05, 0) is 80.9 Å². The van der Waals surface area contributed by atoms with Crippen molar-refractivity contribution in [3.8, 4) is 0 Å². The molecule has 4 aliphatic rings. The van der Waals surface area contributed by atoms with Crippen LogP contribution in [0.4, 0.5) is 52.7 Å². The molecule has 5 aromatic carbocycles. The molecule has 7 aromatic rings. The molecule has 2 aliphatic carbocycles. The van der Waals surface area contributed by atoms with Crippen molar-refractivity contribution in [1.82, 2.24) is 9.13 Å². The molecule has 2 aliphatic heterocycles. The molecule has 0 N–H and O–H groups in total. The SMILES string of the molecule is O=c1c2ccc3c4ccc5c6n(c(=O)c7ccc(c8ccc(c9n1C1C=C(C(F)(F)F)C=C(C(F)(F)F)C1N=9)c2c38)c4c75)C1C=C(C(F)(F)F)C=C(C(F)(F)F)C1N=6. The number of allylic oxidation sites excluding steroid dienone is 4. The van der Waals surface area contributed by atoms with Crippen molar-refractivity contribution in [3.05, 3.63) is 127 Å². The summed E-state index contributed by atoms with van der Waals surface area (Å²) in [6.07, 6.45) is -19.6. The van der Waals surface area contributed by atoms with Gasteiger partial charge in [-0.1, -0.05) is 24.3 Å². The van der Waals surface area contributed by atoms with Gasteiger partial charge in [0.15, 0.2) is 0 Å². The van der Waals surface area contributed by atoms with Gasteiger partial charge in [0.1, 0.15) is 23.1 Å². The summed E-state index contributed by atoms with van der Waals surface area (Å²) in [6.45, 7) is 0. The molecule has 292 valence electrons. The first-order chi connectivity index (χ1) is 27.1. The van der Waals surface area contributed by atoms with E-state index in [9.17, 15) is 62.3 Å². The molecule has 0 bridgehead atoms. The average molecular weight is 813 g/mol. The minimum atomic E-state index is -5.21.